The van der Waals surface area contributed by atoms with Crippen molar-refractivity contribution in [1.29, 1.82) is 0 Å². The summed E-state index contributed by atoms with van der Waals surface area (Å²) in [6.07, 6.45) is 0.804. The Balaban J connectivity index is 1.61. The van der Waals surface area contributed by atoms with Gasteiger partial charge in [0.05, 0.1) is 17.5 Å². The number of aromatic nitrogens is 2. The van der Waals surface area contributed by atoms with Crippen LogP contribution in [0.15, 0.2) is 67.0 Å². The summed E-state index contributed by atoms with van der Waals surface area (Å²) in [5.41, 5.74) is 1.87. The lowest BCUT2D eigenvalue weighted by atomic mass is 10.0. The molecule has 0 aliphatic carbocycles. The molecule has 6 heteroatoms. The molecular weight excluding hydrogens is 358 g/mol. The topological polar surface area (TPSA) is 78.3 Å². The van der Waals surface area contributed by atoms with E-state index in [2.05, 4.69) is 33.5 Å². The fourth-order valence-electron chi connectivity index (χ4n) is 2.97. The predicted molar refractivity (Wildman–Crippen MR) is 109 cm³/mol. The van der Waals surface area contributed by atoms with Crippen LogP contribution in [0.2, 0.25) is 0 Å². The summed E-state index contributed by atoms with van der Waals surface area (Å²) < 4.78 is 0. The lowest BCUT2D eigenvalue weighted by Gasteiger charge is -2.21. The van der Waals surface area contributed by atoms with Crippen LogP contribution in [0.5, 0.6) is 5.75 Å². The molecular formula is C21H19N3O2S. The monoisotopic (exact) mass is 377 g/mol. The summed E-state index contributed by atoms with van der Waals surface area (Å²) in [6, 6.07) is 18.5. The molecule has 2 heterocycles. The van der Waals surface area contributed by atoms with Gasteiger partial charge in [-0.1, -0.05) is 42.5 Å². The minimum Gasteiger partial charge on any atom is -0.508 e. The molecule has 2 atom stereocenters. The first-order valence-corrected chi connectivity index (χ1v) is 9.47. The van der Waals surface area contributed by atoms with Gasteiger partial charge in [0, 0.05) is 4.88 Å². The van der Waals surface area contributed by atoms with Crippen molar-refractivity contribution >= 4 is 27.4 Å². The van der Waals surface area contributed by atoms with Gasteiger partial charge in [0.2, 0.25) is 0 Å². The normalized spacial score (nSPS) is 13.4. The van der Waals surface area contributed by atoms with Crippen molar-refractivity contribution in [2.45, 2.75) is 19.1 Å². The first kappa shape index (κ1) is 17.5. The Labute approximate surface area is 161 Å². The van der Waals surface area contributed by atoms with E-state index in [1.807, 2.05) is 25.1 Å². The molecule has 0 spiro atoms. The average Bonchev–Trinajstić information content (AvgIpc) is 3.14. The van der Waals surface area contributed by atoms with Gasteiger partial charge in [-0.3, -0.25) is 0 Å². The summed E-state index contributed by atoms with van der Waals surface area (Å²) in [7, 11) is 0. The van der Waals surface area contributed by atoms with E-state index in [0.717, 1.165) is 26.2 Å². The lowest BCUT2D eigenvalue weighted by molar-refractivity contribution is 0.160. The number of fused-ring (bicyclic) bond motifs is 1. The molecule has 4 aromatic rings. The quantitative estimate of drug-likeness (QED) is 0.474. The zero-order valence-corrected chi connectivity index (χ0v) is 15.5. The molecule has 0 bridgehead atoms. The van der Waals surface area contributed by atoms with Crippen molar-refractivity contribution in [2.75, 3.05) is 5.32 Å². The minimum absolute atomic E-state index is 0.177. The number of benzene rings is 2. The average molecular weight is 377 g/mol. The third-order valence-electron chi connectivity index (χ3n) is 4.46. The third kappa shape index (κ3) is 3.63. The van der Waals surface area contributed by atoms with Crippen molar-refractivity contribution in [3.05, 3.63) is 72.6 Å². The number of hydrogen-bond donors (Lipinski definition) is 3. The molecule has 0 fully saturated rings. The van der Waals surface area contributed by atoms with Crippen LogP contribution < -0.4 is 5.32 Å². The van der Waals surface area contributed by atoms with Gasteiger partial charge in [0.15, 0.2) is 0 Å². The zero-order valence-electron chi connectivity index (χ0n) is 14.7. The van der Waals surface area contributed by atoms with Crippen molar-refractivity contribution in [1.82, 2.24) is 9.97 Å². The second-order valence-corrected chi connectivity index (χ2v) is 7.42. The summed E-state index contributed by atoms with van der Waals surface area (Å²) in [5.74, 6) is 0.875. The Morgan fingerprint density at radius 1 is 1.00 bits per heavy atom. The zero-order chi connectivity index (χ0) is 18.8. The lowest BCUT2D eigenvalue weighted by Crippen LogP contribution is -2.24. The van der Waals surface area contributed by atoms with Crippen molar-refractivity contribution in [2.24, 2.45) is 0 Å². The number of anilines is 1. The van der Waals surface area contributed by atoms with E-state index in [1.54, 1.807) is 35.6 Å². The van der Waals surface area contributed by atoms with E-state index < -0.39 is 6.10 Å². The molecule has 0 amide bonds. The summed E-state index contributed by atoms with van der Waals surface area (Å²) in [4.78, 5) is 10.8. The van der Waals surface area contributed by atoms with Crippen LogP contribution in [0.25, 0.3) is 20.7 Å². The van der Waals surface area contributed by atoms with E-state index in [1.165, 1.54) is 6.33 Å². The van der Waals surface area contributed by atoms with E-state index in [9.17, 15) is 10.2 Å². The van der Waals surface area contributed by atoms with E-state index >= 15 is 0 Å². The SMILES string of the molecule is C[C@H](Nc1ncnc2sc(-c3ccccc3)cc12)[C@@H](O)c1ccc(O)cc1. The number of nitrogens with one attached hydrogen (secondary N) is 1. The van der Waals surface area contributed by atoms with E-state index in [0.29, 0.717) is 5.82 Å². The maximum Gasteiger partial charge on any atom is 0.138 e. The molecule has 5 nitrogen and oxygen atoms in total. The second-order valence-electron chi connectivity index (χ2n) is 6.39. The molecule has 4 rings (SSSR count). The number of rotatable bonds is 5. The highest BCUT2D eigenvalue weighted by Crippen LogP contribution is 2.35. The fourth-order valence-corrected chi connectivity index (χ4v) is 3.97. The van der Waals surface area contributed by atoms with E-state index in [4.69, 9.17) is 0 Å². The van der Waals surface area contributed by atoms with Gasteiger partial charge in [-0.15, -0.1) is 11.3 Å². The van der Waals surface area contributed by atoms with Gasteiger partial charge in [-0.25, -0.2) is 9.97 Å². The third-order valence-corrected chi connectivity index (χ3v) is 5.55. The first-order chi connectivity index (χ1) is 13.1. The summed E-state index contributed by atoms with van der Waals surface area (Å²) in [5, 5.41) is 24.3. The molecule has 0 aliphatic heterocycles. The number of aromatic hydroxyl groups is 1. The van der Waals surface area contributed by atoms with Crippen LogP contribution in [0, 0.1) is 0 Å². The van der Waals surface area contributed by atoms with Crippen LogP contribution in [-0.4, -0.2) is 26.2 Å². The second kappa shape index (κ2) is 7.34. The maximum atomic E-state index is 10.6. The number of aliphatic hydroxyl groups is 1. The molecule has 0 saturated carbocycles. The van der Waals surface area contributed by atoms with Gasteiger partial charge in [0.25, 0.3) is 0 Å². The Bertz CT molecular complexity index is 1050. The van der Waals surface area contributed by atoms with Crippen LogP contribution in [0.1, 0.15) is 18.6 Å². The van der Waals surface area contributed by atoms with Gasteiger partial charge in [-0.05, 0) is 36.2 Å². The molecule has 3 N–H and O–H groups in total. The Hall–Kier alpha value is -2.96. The molecule has 0 saturated heterocycles. The Morgan fingerprint density at radius 2 is 1.74 bits per heavy atom. The van der Waals surface area contributed by atoms with Crippen molar-refractivity contribution in [3.8, 4) is 16.2 Å². The highest BCUT2D eigenvalue weighted by molar-refractivity contribution is 7.21. The molecule has 2 aromatic heterocycles. The number of nitrogens with zero attached hydrogens (tertiary/aromatic N) is 2. The number of hydrogen-bond acceptors (Lipinski definition) is 6. The van der Waals surface area contributed by atoms with Crippen molar-refractivity contribution in [3.63, 3.8) is 0 Å². The number of phenolic OH excluding ortho intramolecular Hbond substituents is 1. The predicted octanol–water partition coefficient (Wildman–Crippen LogP) is 4.60. The van der Waals surface area contributed by atoms with Crippen molar-refractivity contribution < 1.29 is 10.2 Å². The number of phenols is 1. The molecule has 0 radical (unpaired) electrons. The number of aliphatic hydroxyl groups excluding tert-OH is 1. The molecule has 0 unspecified atom stereocenters. The van der Waals surface area contributed by atoms with Gasteiger partial charge < -0.3 is 15.5 Å². The maximum absolute atomic E-state index is 10.6. The largest absolute Gasteiger partial charge is 0.508 e. The fraction of sp³-hybridized carbons (Fsp3) is 0.143. The van der Waals surface area contributed by atoms with Crippen LogP contribution in [-0.2, 0) is 0 Å². The van der Waals surface area contributed by atoms with Gasteiger partial charge in [0.1, 0.15) is 22.7 Å². The van der Waals surface area contributed by atoms with Crippen LogP contribution in [0.4, 0.5) is 5.82 Å². The Kier molecular flexibility index (Phi) is 4.75. The van der Waals surface area contributed by atoms with Gasteiger partial charge >= 0.3 is 0 Å². The smallest absolute Gasteiger partial charge is 0.138 e. The summed E-state index contributed by atoms with van der Waals surface area (Å²) >= 11 is 1.62. The van der Waals surface area contributed by atoms with Crippen LogP contribution >= 0.6 is 11.3 Å². The minimum atomic E-state index is -0.733. The standard InChI is InChI=1S/C21H19N3O2S/c1-13(19(26)15-7-9-16(25)10-8-15)24-20-17-11-18(14-5-3-2-4-6-14)27-21(17)23-12-22-20/h2-13,19,25-26H,1H3,(H,22,23,24)/t13-,19+/m0/s1. The highest BCUT2D eigenvalue weighted by atomic mass is 32.1. The first-order valence-electron chi connectivity index (χ1n) is 8.65. The molecule has 2 aromatic carbocycles. The van der Waals surface area contributed by atoms with Gasteiger partial charge in [-0.2, -0.15) is 0 Å². The highest BCUT2D eigenvalue weighted by Gasteiger charge is 2.19. The van der Waals surface area contributed by atoms with Crippen LogP contribution in [0.3, 0.4) is 0 Å². The summed E-state index contributed by atoms with van der Waals surface area (Å²) in [6.45, 7) is 1.90. The molecule has 136 valence electrons. The van der Waals surface area contributed by atoms with E-state index in [-0.39, 0.29) is 11.8 Å². The molecule has 0 aliphatic rings. The number of thiophene rings is 1. The Morgan fingerprint density at radius 3 is 2.48 bits per heavy atom. The molecule has 27 heavy (non-hydrogen) atoms.